The van der Waals surface area contributed by atoms with E-state index < -0.39 is 10.0 Å². The SMILES string of the molecule is O=S(=O)(Nc1ccc(Nc2cc(N3CCCC3)cnn2)cc1)c1ccc(-c2ccccc2)cc1. The van der Waals surface area contributed by atoms with E-state index in [0.29, 0.717) is 11.5 Å². The Hall–Kier alpha value is -3.91. The van der Waals surface area contributed by atoms with Crippen LogP contribution in [-0.4, -0.2) is 31.7 Å². The topological polar surface area (TPSA) is 87.2 Å². The van der Waals surface area contributed by atoms with Crippen LogP contribution < -0.4 is 14.9 Å². The molecule has 0 saturated carbocycles. The van der Waals surface area contributed by atoms with Crippen LogP contribution in [0.2, 0.25) is 0 Å². The van der Waals surface area contributed by atoms with E-state index in [0.717, 1.165) is 35.6 Å². The van der Waals surface area contributed by atoms with E-state index in [9.17, 15) is 8.42 Å². The lowest BCUT2D eigenvalue weighted by Gasteiger charge is -2.17. The third-order valence-electron chi connectivity index (χ3n) is 5.79. The second-order valence-electron chi connectivity index (χ2n) is 8.19. The Morgan fingerprint density at radius 2 is 1.41 bits per heavy atom. The van der Waals surface area contributed by atoms with Crippen LogP contribution >= 0.6 is 0 Å². The van der Waals surface area contributed by atoms with Gasteiger partial charge in [-0.05, 0) is 60.4 Å². The van der Waals surface area contributed by atoms with E-state index in [1.807, 2.05) is 48.5 Å². The number of nitrogens with one attached hydrogen (secondary N) is 2. The van der Waals surface area contributed by atoms with Crippen LogP contribution in [0.1, 0.15) is 12.8 Å². The zero-order valence-corrected chi connectivity index (χ0v) is 19.4. The summed E-state index contributed by atoms with van der Waals surface area (Å²) >= 11 is 0. The Labute approximate surface area is 199 Å². The van der Waals surface area contributed by atoms with Crippen molar-refractivity contribution in [2.75, 3.05) is 28.0 Å². The third-order valence-corrected chi connectivity index (χ3v) is 7.19. The number of anilines is 4. The molecule has 3 aromatic carbocycles. The molecule has 0 aliphatic carbocycles. The zero-order valence-electron chi connectivity index (χ0n) is 18.6. The van der Waals surface area contributed by atoms with E-state index in [1.165, 1.54) is 12.8 Å². The van der Waals surface area contributed by atoms with Crippen molar-refractivity contribution in [3.05, 3.63) is 91.1 Å². The van der Waals surface area contributed by atoms with Gasteiger partial charge in [0.25, 0.3) is 10.0 Å². The van der Waals surface area contributed by atoms with Crippen LogP contribution in [0.15, 0.2) is 96.0 Å². The average molecular weight is 472 g/mol. The molecule has 1 fully saturated rings. The van der Waals surface area contributed by atoms with Crippen molar-refractivity contribution in [3.8, 4) is 11.1 Å². The summed E-state index contributed by atoms with van der Waals surface area (Å²) in [7, 11) is -3.70. The fraction of sp³-hybridized carbons (Fsp3) is 0.154. The average Bonchev–Trinajstić information content (AvgIpc) is 3.41. The first-order chi connectivity index (χ1) is 16.6. The number of rotatable bonds is 7. The minimum Gasteiger partial charge on any atom is -0.370 e. The Bertz CT molecular complexity index is 1350. The van der Waals surface area contributed by atoms with Crippen molar-refractivity contribution >= 4 is 32.9 Å². The quantitative estimate of drug-likeness (QED) is 0.381. The van der Waals surface area contributed by atoms with Gasteiger partial charge in [0.2, 0.25) is 0 Å². The van der Waals surface area contributed by atoms with Gasteiger partial charge in [-0.3, -0.25) is 4.72 Å². The van der Waals surface area contributed by atoms with Crippen LogP contribution in [0.25, 0.3) is 11.1 Å². The summed E-state index contributed by atoms with van der Waals surface area (Å²) < 4.78 is 28.3. The standard InChI is InChI=1S/C26H25N5O2S/c32-34(33,25-14-8-21(9-15-25)20-6-2-1-3-7-20)30-23-12-10-22(11-13-23)28-26-18-24(19-27-29-26)31-16-4-5-17-31/h1-3,6-15,18-19,30H,4-5,16-17H2,(H,28,29). The van der Waals surface area contributed by atoms with Gasteiger partial charge in [0.15, 0.2) is 5.82 Å². The van der Waals surface area contributed by atoms with Crippen molar-refractivity contribution in [1.82, 2.24) is 10.2 Å². The zero-order chi connectivity index (χ0) is 23.4. The molecule has 1 aromatic heterocycles. The van der Waals surface area contributed by atoms with Gasteiger partial charge in [-0.15, -0.1) is 5.10 Å². The molecule has 0 radical (unpaired) electrons. The second-order valence-corrected chi connectivity index (χ2v) is 9.87. The molecule has 0 atom stereocenters. The molecular formula is C26H25N5O2S. The summed E-state index contributed by atoms with van der Waals surface area (Å²) in [5.41, 5.74) is 4.33. The first-order valence-corrected chi connectivity index (χ1v) is 12.7. The molecule has 1 aliphatic heterocycles. The smallest absolute Gasteiger partial charge is 0.261 e. The van der Waals surface area contributed by atoms with Crippen LogP contribution in [0, 0.1) is 0 Å². The molecule has 2 heterocycles. The molecule has 8 heteroatoms. The van der Waals surface area contributed by atoms with Gasteiger partial charge in [0.1, 0.15) is 0 Å². The Kier molecular flexibility index (Phi) is 6.14. The minimum atomic E-state index is -3.70. The van der Waals surface area contributed by atoms with Gasteiger partial charge >= 0.3 is 0 Å². The van der Waals surface area contributed by atoms with E-state index in [2.05, 4.69) is 25.1 Å². The van der Waals surface area contributed by atoms with Gasteiger partial charge in [0, 0.05) is 30.5 Å². The molecule has 4 aromatic rings. The monoisotopic (exact) mass is 471 g/mol. The van der Waals surface area contributed by atoms with Crippen LogP contribution in [-0.2, 0) is 10.0 Å². The highest BCUT2D eigenvalue weighted by Crippen LogP contribution is 2.25. The Balaban J connectivity index is 1.25. The van der Waals surface area contributed by atoms with Crippen molar-refractivity contribution < 1.29 is 8.42 Å². The lowest BCUT2D eigenvalue weighted by molar-refractivity contribution is 0.601. The van der Waals surface area contributed by atoms with E-state index >= 15 is 0 Å². The van der Waals surface area contributed by atoms with E-state index in [1.54, 1.807) is 42.6 Å². The van der Waals surface area contributed by atoms with Crippen molar-refractivity contribution in [2.45, 2.75) is 17.7 Å². The fourth-order valence-electron chi connectivity index (χ4n) is 4.01. The molecule has 0 spiro atoms. The molecule has 1 saturated heterocycles. The van der Waals surface area contributed by atoms with Gasteiger partial charge < -0.3 is 10.2 Å². The predicted molar refractivity (Wildman–Crippen MR) is 136 cm³/mol. The second kappa shape index (κ2) is 9.52. The van der Waals surface area contributed by atoms with Crippen LogP contribution in [0.3, 0.4) is 0 Å². The summed E-state index contributed by atoms with van der Waals surface area (Å²) in [6.45, 7) is 2.07. The maximum absolute atomic E-state index is 12.8. The summed E-state index contributed by atoms with van der Waals surface area (Å²) in [6, 6.07) is 25.7. The van der Waals surface area contributed by atoms with Crippen LogP contribution in [0.4, 0.5) is 22.9 Å². The summed E-state index contributed by atoms with van der Waals surface area (Å²) in [6.07, 6.45) is 4.17. The highest BCUT2D eigenvalue weighted by atomic mass is 32.2. The summed E-state index contributed by atoms with van der Waals surface area (Å²) in [5.74, 6) is 0.649. The predicted octanol–water partition coefficient (Wildman–Crippen LogP) is 5.29. The lowest BCUT2D eigenvalue weighted by Crippen LogP contribution is -2.18. The van der Waals surface area contributed by atoms with Crippen LogP contribution in [0.5, 0.6) is 0 Å². The molecule has 1 aliphatic rings. The van der Waals surface area contributed by atoms with Gasteiger partial charge in [-0.1, -0.05) is 42.5 Å². The summed E-state index contributed by atoms with van der Waals surface area (Å²) in [5, 5.41) is 11.5. The van der Waals surface area contributed by atoms with Crippen molar-refractivity contribution in [1.29, 1.82) is 0 Å². The molecule has 0 bridgehead atoms. The molecule has 34 heavy (non-hydrogen) atoms. The summed E-state index contributed by atoms with van der Waals surface area (Å²) in [4.78, 5) is 2.51. The van der Waals surface area contributed by atoms with Gasteiger partial charge in [-0.25, -0.2) is 8.42 Å². The molecule has 7 nitrogen and oxygen atoms in total. The van der Waals surface area contributed by atoms with Crippen molar-refractivity contribution in [3.63, 3.8) is 0 Å². The molecule has 0 amide bonds. The van der Waals surface area contributed by atoms with E-state index in [-0.39, 0.29) is 4.90 Å². The lowest BCUT2D eigenvalue weighted by atomic mass is 10.1. The fourth-order valence-corrected chi connectivity index (χ4v) is 5.07. The maximum Gasteiger partial charge on any atom is 0.261 e. The third kappa shape index (κ3) is 5.02. The van der Waals surface area contributed by atoms with E-state index in [4.69, 9.17) is 0 Å². The Morgan fingerprint density at radius 3 is 2.12 bits per heavy atom. The number of hydrogen-bond donors (Lipinski definition) is 2. The first kappa shape index (κ1) is 21.9. The van der Waals surface area contributed by atoms with Gasteiger partial charge in [-0.2, -0.15) is 5.10 Å². The number of benzene rings is 3. The van der Waals surface area contributed by atoms with Gasteiger partial charge in [0.05, 0.1) is 16.8 Å². The first-order valence-electron chi connectivity index (χ1n) is 11.2. The largest absolute Gasteiger partial charge is 0.370 e. The molecule has 5 rings (SSSR count). The number of aromatic nitrogens is 2. The molecule has 172 valence electrons. The Morgan fingerprint density at radius 1 is 0.765 bits per heavy atom. The minimum absolute atomic E-state index is 0.211. The highest BCUT2D eigenvalue weighted by molar-refractivity contribution is 7.92. The molecule has 0 unspecified atom stereocenters. The van der Waals surface area contributed by atoms with Crippen molar-refractivity contribution in [2.24, 2.45) is 0 Å². The highest BCUT2D eigenvalue weighted by Gasteiger charge is 2.15. The number of sulfonamides is 1. The number of nitrogens with zero attached hydrogens (tertiary/aromatic N) is 3. The normalized spacial score (nSPS) is 13.6. The molecular weight excluding hydrogens is 446 g/mol. The number of hydrogen-bond acceptors (Lipinski definition) is 6. The molecule has 2 N–H and O–H groups in total. The maximum atomic E-state index is 12.8.